The number of thiocarbonyl (C=S) groups is 1. The third-order valence-corrected chi connectivity index (χ3v) is 6.42. The molecule has 0 aliphatic rings. The van der Waals surface area contributed by atoms with Gasteiger partial charge in [0, 0.05) is 30.2 Å². The average molecular weight is 510 g/mol. The van der Waals surface area contributed by atoms with Crippen molar-refractivity contribution in [1.29, 1.82) is 0 Å². The molecule has 0 amide bonds. The Morgan fingerprint density at radius 3 is 2.74 bits per heavy atom. The zero-order valence-electron chi connectivity index (χ0n) is 19.7. The Morgan fingerprint density at radius 1 is 1.14 bits per heavy atom. The van der Waals surface area contributed by atoms with E-state index in [1.165, 1.54) is 5.56 Å². The van der Waals surface area contributed by atoms with Gasteiger partial charge < -0.3 is 29.8 Å². The highest BCUT2D eigenvalue weighted by Crippen LogP contribution is 2.29. The number of anilines is 1. The van der Waals surface area contributed by atoms with Gasteiger partial charge in [-0.25, -0.2) is 0 Å². The van der Waals surface area contributed by atoms with Crippen LogP contribution >= 0.6 is 23.8 Å². The van der Waals surface area contributed by atoms with Gasteiger partial charge in [-0.15, -0.1) is 0 Å². The topological polar surface area (TPSA) is 69.8 Å². The molecule has 0 fully saturated rings. The lowest BCUT2D eigenvalue weighted by molar-refractivity contribution is 0.317. The Labute approximate surface area is 215 Å². The fraction of sp³-hybridized carbons (Fsp3) is 0.222. The fourth-order valence-electron chi connectivity index (χ4n) is 3.90. The van der Waals surface area contributed by atoms with E-state index in [0.29, 0.717) is 35.6 Å². The van der Waals surface area contributed by atoms with Crippen molar-refractivity contribution in [3.63, 3.8) is 0 Å². The van der Waals surface area contributed by atoms with Gasteiger partial charge in [-0.05, 0) is 79.2 Å². The quantitative estimate of drug-likeness (QED) is 0.227. The summed E-state index contributed by atoms with van der Waals surface area (Å²) in [6.45, 7) is 3.54. The van der Waals surface area contributed by atoms with Gasteiger partial charge in [0.25, 0.3) is 0 Å². The van der Waals surface area contributed by atoms with E-state index in [-0.39, 0.29) is 5.75 Å². The number of methoxy groups -OCH3 is 1. The maximum absolute atomic E-state index is 10.1. The van der Waals surface area contributed by atoms with Crippen molar-refractivity contribution in [1.82, 2.24) is 9.88 Å². The summed E-state index contributed by atoms with van der Waals surface area (Å²) in [7, 11) is 1.67. The zero-order valence-corrected chi connectivity index (χ0v) is 21.2. The Bertz CT molecular complexity index is 1320. The first-order valence-corrected chi connectivity index (χ1v) is 12.2. The third-order valence-electron chi connectivity index (χ3n) is 5.73. The molecule has 1 heterocycles. The summed E-state index contributed by atoms with van der Waals surface area (Å²) in [6, 6.07) is 18.9. The van der Waals surface area contributed by atoms with Crippen LogP contribution in [0.3, 0.4) is 0 Å². The second-order valence-electron chi connectivity index (χ2n) is 8.04. The van der Waals surface area contributed by atoms with E-state index in [1.54, 1.807) is 13.2 Å². The molecule has 0 saturated heterocycles. The van der Waals surface area contributed by atoms with E-state index in [1.807, 2.05) is 67.7 Å². The smallest absolute Gasteiger partial charge is 0.173 e. The van der Waals surface area contributed by atoms with Crippen molar-refractivity contribution in [2.75, 3.05) is 25.6 Å². The molecule has 8 heteroatoms. The lowest BCUT2D eigenvalue weighted by Crippen LogP contribution is -2.36. The third kappa shape index (κ3) is 5.99. The number of rotatable bonds is 9. The molecule has 4 aromatic rings. The highest BCUT2D eigenvalue weighted by atomic mass is 35.5. The van der Waals surface area contributed by atoms with Crippen LogP contribution in [0.2, 0.25) is 5.02 Å². The van der Waals surface area contributed by atoms with Gasteiger partial charge in [-0.2, -0.15) is 0 Å². The molecule has 0 saturated carbocycles. The summed E-state index contributed by atoms with van der Waals surface area (Å²) >= 11 is 12.2. The largest absolute Gasteiger partial charge is 0.504 e. The first-order valence-electron chi connectivity index (χ1n) is 11.4. The molecule has 0 unspecified atom stereocenters. The maximum Gasteiger partial charge on any atom is 0.173 e. The second-order valence-corrected chi connectivity index (χ2v) is 8.84. The van der Waals surface area contributed by atoms with E-state index < -0.39 is 0 Å². The number of aromatic nitrogens is 1. The molecule has 4 rings (SSSR count). The molecule has 35 heavy (non-hydrogen) atoms. The number of phenolic OH excluding ortho intramolecular Hbond substituents is 1. The number of ether oxygens (including phenoxy) is 2. The number of aromatic amines is 1. The molecule has 0 radical (unpaired) electrons. The molecule has 0 aliphatic carbocycles. The number of nitrogens with zero attached hydrogens (tertiary/aromatic N) is 1. The second kappa shape index (κ2) is 11.3. The zero-order chi connectivity index (χ0) is 24.8. The number of hydrogen-bond acceptors (Lipinski definition) is 4. The number of phenols is 1. The van der Waals surface area contributed by atoms with Crippen molar-refractivity contribution < 1.29 is 14.6 Å². The molecule has 182 valence electrons. The lowest BCUT2D eigenvalue weighted by Gasteiger charge is -2.26. The van der Waals surface area contributed by atoms with Gasteiger partial charge in [-0.3, -0.25) is 0 Å². The summed E-state index contributed by atoms with van der Waals surface area (Å²) < 4.78 is 11.0. The summed E-state index contributed by atoms with van der Waals surface area (Å²) in [5.41, 5.74) is 3.95. The van der Waals surface area contributed by atoms with E-state index >= 15 is 0 Å². The summed E-state index contributed by atoms with van der Waals surface area (Å²) in [6.07, 6.45) is 2.79. The van der Waals surface area contributed by atoms with Crippen molar-refractivity contribution >= 4 is 45.5 Å². The van der Waals surface area contributed by atoms with Gasteiger partial charge in [0.05, 0.1) is 24.4 Å². The van der Waals surface area contributed by atoms with Crippen LogP contribution in [-0.4, -0.2) is 40.4 Å². The van der Waals surface area contributed by atoms with Gasteiger partial charge in [0.2, 0.25) is 0 Å². The monoisotopic (exact) mass is 509 g/mol. The average Bonchev–Trinajstić information content (AvgIpc) is 3.27. The number of nitrogens with one attached hydrogen (secondary N) is 2. The van der Waals surface area contributed by atoms with Crippen molar-refractivity contribution in [3.8, 4) is 17.2 Å². The van der Waals surface area contributed by atoms with Gasteiger partial charge in [-0.1, -0.05) is 29.8 Å². The molecule has 6 nitrogen and oxygen atoms in total. The fourth-order valence-corrected chi connectivity index (χ4v) is 4.35. The number of para-hydroxylation sites is 1. The predicted octanol–water partition coefficient (Wildman–Crippen LogP) is 6.38. The number of H-pyrrole nitrogens is 1. The van der Waals surface area contributed by atoms with Crippen LogP contribution in [0.1, 0.15) is 18.1 Å². The molecule has 0 bridgehead atoms. The van der Waals surface area contributed by atoms with Crippen molar-refractivity contribution in [3.05, 3.63) is 83.0 Å². The Kier molecular flexibility index (Phi) is 8.00. The first-order chi connectivity index (χ1) is 17.0. The summed E-state index contributed by atoms with van der Waals surface area (Å²) in [5, 5.41) is 15.7. The first kappa shape index (κ1) is 24.7. The van der Waals surface area contributed by atoms with Crippen LogP contribution in [0.25, 0.3) is 10.9 Å². The molecule has 0 atom stereocenters. The van der Waals surface area contributed by atoms with Crippen molar-refractivity contribution in [2.45, 2.75) is 19.9 Å². The minimum atomic E-state index is 0.117. The van der Waals surface area contributed by atoms with E-state index in [4.69, 9.17) is 33.3 Å². The minimum Gasteiger partial charge on any atom is -0.504 e. The van der Waals surface area contributed by atoms with E-state index in [2.05, 4.69) is 15.2 Å². The minimum absolute atomic E-state index is 0.117. The molecule has 0 aliphatic heterocycles. The van der Waals surface area contributed by atoms with Crippen LogP contribution in [0.5, 0.6) is 17.2 Å². The molecule has 0 spiro atoms. The van der Waals surface area contributed by atoms with Gasteiger partial charge >= 0.3 is 0 Å². The number of halogens is 1. The number of aromatic hydroxyl groups is 1. The summed E-state index contributed by atoms with van der Waals surface area (Å²) in [5.74, 6) is 1.39. The molecule has 3 aromatic carbocycles. The van der Waals surface area contributed by atoms with Crippen LogP contribution in [0.4, 0.5) is 5.69 Å². The highest BCUT2D eigenvalue weighted by molar-refractivity contribution is 7.80. The molecule has 3 N–H and O–H groups in total. The number of hydrogen-bond donors (Lipinski definition) is 3. The maximum atomic E-state index is 10.1. The lowest BCUT2D eigenvalue weighted by atomic mass is 10.1. The van der Waals surface area contributed by atoms with Crippen LogP contribution in [0, 0.1) is 0 Å². The van der Waals surface area contributed by atoms with Crippen LogP contribution in [0.15, 0.2) is 66.9 Å². The van der Waals surface area contributed by atoms with Crippen molar-refractivity contribution in [2.24, 2.45) is 0 Å². The van der Waals surface area contributed by atoms with Gasteiger partial charge in [0.15, 0.2) is 16.6 Å². The molecular weight excluding hydrogens is 482 g/mol. The molecular formula is C27H28ClN3O3S. The SMILES string of the molecule is CCOc1cc(CN(CCc2c[nH]c3ccc(OC)cc23)C(=S)Nc2ccccc2Cl)ccc1O. The highest BCUT2D eigenvalue weighted by Gasteiger charge is 2.15. The normalized spacial score (nSPS) is 10.8. The Morgan fingerprint density at radius 2 is 1.97 bits per heavy atom. The van der Waals surface area contributed by atoms with Gasteiger partial charge in [0.1, 0.15) is 5.75 Å². The van der Waals surface area contributed by atoms with Crippen LogP contribution < -0.4 is 14.8 Å². The van der Waals surface area contributed by atoms with E-state index in [9.17, 15) is 5.11 Å². The number of fused-ring (bicyclic) bond motifs is 1. The number of benzene rings is 3. The van der Waals surface area contributed by atoms with E-state index in [0.717, 1.165) is 34.3 Å². The Hall–Kier alpha value is -3.42. The standard InChI is InChI=1S/C27H28ClN3O3S/c1-3-34-26-14-18(8-11-25(26)32)17-31(27(35)30-24-7-5-4-6-22(24)28)13-12-19-16-29-23-10-9-20(33-2)15-21(19)23/h4-11,14-16,29,32H,3,12-13,17H2,1-2H3,(H,30,35). The Balaban J connectivity index is 1.58. The predicted molar refractivity (Wildman–Crippen MR) is 146 cm³/mol. The summed E-state index contributed by atoms with van der Waals surface area (Å²) in [4.78, 5) is 5.42. The van der Waals surface area contributed by atoms with Crippen LogP contribution in [-0.2, 0) is 13.0 Å². The molecule has 1 aromatic heterocycles.